The second-order valence-corrected chi connectivity index (χ2v) is 9.99. The molecule has 1 saturated heterocycles. The Kier molecular flexibility index (Phi) is 6.74. The number of rotatable bonds is 6. The van der Waals surface area contributed by atoms with Crippen LogP contribution in [0.3, 0.4) is 0 Å². The van der Waals surface area contributed by atoms with Gasteiger partial charge in [0.25, 0.3) is 0 Å². The number of nitrogens with one attached hydrogen (secondary N) is 3. The third kappa shape index (κ3) is 5.11. The lowest BCUT2D eigenvalue weighted by molar-refractivity contribution is -0.142. The van der Waals surface area contributed by atoms with Gasteiger partial charge >= 0.3 is 6.03 Å². The van der Waals surface area contributed by atoms with Gasteiger partial charge in [0.1, 0.15) is 18.0 Å². The van der Waals surface area contributed by atoms with Gasteiger partial charge in [0.05, 0.1) is 19.1 Å². The summed E-state index contributed by atoms with van der Waals surface area (Å²) in [5, 5.41) is 19.1. The number of aliphatic hydroxyl groups is 1. The van der Waals surface area contributed by atoms with Gasteiger partial charge in [-0.05, 0) is 50.3 Å². The highest BCUT2D eigenvalue weighted by atomic mass is 16.6. The molecule has 2 aliphatic heterocycles. The number of carbonyl (C=O) groups is 2. The molecule has 0 unspecified atom stereocenters. The Balaban J connectivity index is 1.24. The van der Waals surface area contributed by atoms with E-state index in [9.17, 15) is 14.7 Å². The van der Waals surface area contributed by atoms with E-state index in [1.54, 1.807) is 0 Å². The zero-order valence-electron chi connectivity index (χ0n) is 19.1. The Hall–Kier alpha value is -2.32. The number of amides is 3. The SMILES string of the molecule is O=C(C[C@H]1C[C@H]2c3cc(NC(=O)NC4CCCC4)ccc3O[C@H]2[C@@H](CO)O1)NC1CCCC1. The van der Waals surface area contributed by atoms with Crippen molar-refractivity contribution in [1.29, 1.82) is 0 Å². The quantitative estimate of drug-likeness (QED) is 0.525. The van der Waals surface area contributed by atoms with Crippen molar-refractivity contribution in [1.82, 2.24) is 10.6 Å². The normalized spacial score (nSPS) is 29.2. The molecule has 3 amide bonds. The predicted octanol–water partition coefficient (Wildman–Crippen LogP) is 3.19. The van der Waals surface area contributed by atoms with Gasteiger partial charge in [-0.2, -0.15) is 0 Å². The van der Waals surface area contributed by atoms with Gasteiger partial charge in [0.15, 0.2) is 0 Å². The van der Waals surface area contributed by atoms with Crippen LogP contribution in [0.1, 0.15) is 75.7 Å². The number of fused-ring (bicyclic) bond motifs is 3. The zero-order valence-corrected chi connectivity index (χ0v) is 19.1. The van der Waals surface area contributed by atoms with Crippen LogP contribution in [0.25, 0.3) is 0 Å². The number of carbonyl (C=O) groups excluding carboxylic acids is 2. The average molecular weight is 458 g/mol. The van der Waals surface area contributed by atoms with Crippen molar-refractivity contribution in [3.8, 4) is 5.75 Å². The molecule has 0 radical (unpaired) electrons. The third-order valence-corrected chi connectivity index (χ3v) is 7.58. The fourth-order valence-corrected chi connectivity index (χ4v) is 5.95. The molecular weight excluding hydrogens is 422 g/mol. The summed E-state index contributed by atoms with van der Waals surface area (Å²) < 4.78 is 12.2. The van der Waals surface area contributed by atoms with Crippen LogP contribution in [0.2, 0.25) is 0 Å². The van der Waals surface area contributed by atoms with Crippen LogP contribution in [0.5, 0.6) is 5.75 Å². The van der Waals surface area contributed by atoms with Gasteiger partial charge < -0.3 is 30.5 Å². The topological polar surface area (TPSA) is 109 Å². The number of hydrogen-bond acceptors (Lipinski definition) is 5. The van der Waals surface area contributed by atoms with E-state index in [4.69, 9.17) is 9.47 Å². The largest absolute Gasteiger partial charge is 0.487 e. The summed E-state index contributed by atoms with van der Waals surface area (Å²) in [7, 11) is 0. The molecule has 3 fully saturated rings. The van der Waals surface area contributed by atoms with Crippen molar-refractivity contribution in [3.05, 3.63) is 23.8 Å². The lowest BCUT2D eigenvalue weighted by atomic mass is 9.84. The average Bonchev–Trinajstić information content (AvgIpc) is 3.55. The molecule has 33 heavy (non-hydrogen) atoms. The second kappa shape index (κ2) is 9.89. The maximum Gasteiger partial charge on any atom is 0.319 e. The zero-order chi connectivity index (χ0) is 22.8. The van der Waals surface area contributed by atoms with Gasteiger partial charge in [-0.25, -0.2) is 4.79 Å². The van der Waals surface area contributed by atoms with E-state index >= 15 is 0 Å². The molecule has 2 aliphatic carbocycles. The molecule has 4 aliphatic rings. The minimum Gasteiger partial charge on any atom is -0.487 e. The summed E-state index contributed by atoms with van der Waals surface area (Å²) in [5.41, 5.74) is 1.72. The molecule has 5 rings (SSSR count). The van der Waals surface area contributed by atoms with E-state index < -0.39 is 6.10 Å². The van der Waals surface area contributed by atoms with Gasteiger partial charge in [0.2, 0.25) is 5.91 Å². The monoisotopic (exact) mass is 457 g/mol. The summed E-state index contributed by atoms with van der Waals surface area (Å²) in [6.45, 7) is -0.162. The minimum atomic E-state index is -0.484. The molecule has 0 aromatic heterocycles. The van der Waals surface area contributed by atoms with Crippen LogP contribution in [0, 0.1) is 0 Å². The predicted molar refractivity (Wildman–Crippen MR) is 123 cm³/mol. The van der Waals surface area contributed by atoms with Crippen LogP contribution in [-0.2, 0) is 9.53 Å². The first-order valence-electron chi connectivity index (χ1n) is 12.5. The minimum absolute atomic E-state index is 0.00910. The van der Waals surface area contributed by atoms with Crippen molar-refractivity contribution in [2.75, 3.05) is 11.9 Å². The maximum absolute atomic E-state index is 12.6. The molecule has 2 saturated carbocycles. The Morgan fingerprint density at radius 2 is 1.70 bits per heavy atom. The smallest absolute Gasteiger partial charge is 0.319 e. The number of hydrogen-bond donors (Lipinski definition) is 4. The molecule has 0 spiro atoms. The number of ether oxygens (including phenoxy) is 2. The third-order valence-electron chi connectivity index (χ3n) is 7.58. The first kappa shape index (κ1) is 22.5. The number of urea groups is 1. The molecule has 0 bridgehead atoms. The standard InChI is InChI=1S/C25H35N3O5/c29-14-22-24-20(12-18(32-22)13-23(30)26-15-5-1-2-6-15)19-11-17(9-10-21(19)33-24)28-25(31)27-16-7-3-4-8-16/h9-11,15-16,18,20,22,24,29H,1-8,12-14H2,(H,26,30)(H2,27,28,31)/t18-,20+,22-,24-/m1/s1. The van der Waals surface area contributed by atoms with Crippen molar-refractivity contribution in [2.24, 2.45) is 0 Å². The van der Waals surface area contributed by atoms with Crippen LogP contribution in [0.15, 0.2) is 18.2 Å². The molecule has 8 nitrogen and oxygen atoms in total. The number of benzene rings is 1. The Morgan fingerprint density at radius 1 is 1.00 bits per heavy atom. The first-order chi connectivity index (χ1) is 16.1. The van der Waals surface area contributed by atoms with Crippen molar-refractivity contribution >= 4 is 17.6 Å². The fourth-order valence-electron chi connectivity index (χ4n) is 5.95. The highest BCUT2D eigenvalue weighted by Crippen LogP contribution is 2.47. The van der Waals surface area contributed by atoms with Crippen LogP contribution in [0.4, 0.5) is 10.5 Å². The second-order valence-electron chi connectivity index (χ2n) is 9.99. The van der Waals surface area contributed by atoms with Gasteiger partial charge in [-0.1, -0.05) is 25.7 Å². The number of aliphatic hydroxyl groups excluding tert-OH is 1. The summed E-state index contributed by atoms with van der Waals surface area (Å²) in [4.78, 5) is 25.0. The molecule has 2 heterocycles. The van der Waals surface area contributed by atoms with E-state index in [0.717, 1.165) is 55.5 Å². The highest BCUT2D eigenvalue weighted by Gasteiger charge is 2.46. The van der Waals surface area contributed by atoms with E-state index in [1.165, 1.54) is 12.8 Å². The fraction of sp³-hybridized carbons (Fsp3) is 0.680. The van der Waals surface area contributed by atoms with E-state index in [0.29, 0.717) is 6.42 Å². The molecule has 1 aromatic rings. The first-order valence-corrected chi connectivity index (χ1v) is 12.5. The molecule has 1 aromatic carbocycles. The van der Waals surface area contributed by atoms with Crippen LogP contribution in [-0.4, -0.2) is 54.0 Å². The van der Waals surface area contributed by atoms with Gasteiger partial charge in [-0.3, -0.25) is 4.79 Å². The van der Waals surface area contributed by atoms with Gasteiger partial charge in [0, 0.05) is 29.3 Å². The maximum atomic E-state index is 12.6. The van der Waals surface area contributed by atoms with Crippen LogP contribution < -0.4 is 20.7 Å². The highest BCUT2D eigenvalue weighted by molar-refractivity contribution is 5.89. The van der Waals surface area contributed by atoms with Crippen molar-refractivity contribution < 1.29 is 24.2 Å². The summed E-state index contributed by atoms with van der Waals surface area (Å²) in [6, 6.07) is 6.02. The summed E-state index contributed by atoms with van der Waals surface area (Å²) in [6.07, 6.45) is 8.72. The Labute approximate surface area is 194 Å². The molecule has 180 valence electrons. The van der Waals surface area contributed by atoms with Crippen LogP contribution >= 0.6 is 0 Å². The van der Waals surface area contributed by atoms with E-state index in [2.05, 4.69) is 16.0 Å². The Morgan fingerprint density at radius 3 is 2.39 bits per heavy atom. The molecule has 4 N–H and O–H groups in total. The summed E-state index contributed by atoms with van der Waals surface area (Å²) >= 11 is 0. The molecular formula is C25H35N3O5. The number of anilines is 1. The van der Waals surface area contributed by atoms with Crippen molar-refractivity contribution in [2.45, 2.75) is 101 Å². The lowest BCUT2D eigenvalue weighted by Gasteiger charge is -2.37. The van der Waals surface area contributed by atoms with Crippen molar-refractivity contribution in [3.63, 3.8) is 0 Å². The van der Waals surface area contributed by atoms with E-state index in [-0.39, 0.29) is 55.2 Å². The Bertz CT molecular complexity index is 866. The van der Waals surface area contributed by atoms with E-state index in [1.807, 2.05) is 18.2 Å². The molecule has 4 atom stereocenters. The molecule has 8 heteroatoms. The van der Waals surface area contributed by atoms with Gasteiger partial charge in [-0.15, -0.1) is 0 Å². The lowest BCUT2D eigenvalue weighted by Crippen LogP contribution is -2.47. The summed E-state index contributed by atoms with van der Waals surface area (Å²) in [5.74, 6) is 0.778.